The van der Waals surface area contributed by atoms with Crippen LogP contribution in [0.15, 0.2) is 29.2 Å². The summed E-state index contributed by atoms with van der Waals surface area (Å²) < 4.78 is 24.9. The Morgan fingerprint density at radius 1 is 1.06 bits per heavy atom. The molecule has 1 heterocycles. The Morgan fingerprint density at radius 3 is 2.69 bits per heavy atom. The second-order valence-corrected chi connectivity index (χ2v) is 7.48. The van der Waals surface area contributed by atoms with E-state index in [-0.39, 0.29) is 5.25 Å². The predicted molar refractivity (Wildman–Crippen MR) is 61.0 cm³/mol. The molecule has 0 aromatic heterocycles. The van der Waals surface area contributed by atoms with Crippen LogP contribution in [0.25, 0.3) is 0 Å². The first-order valence-corrected chi connectivity index (χ1v) is 7.57. The molecular formula is C13H14O2S. The summed E-state index contributed by atoms with van der Waals surface area (Å²) >= 11 is 0. The van der Waals surface area contributed by atoms with Crippen LogP contribution in [0, 0.1) is 11.8 Å². The molecule has 2 unspecified atom stereocenters. The Morgan fingerprint density at radius 2 is 1.81 bits per heavy atom. The van der Waals surface area contributed by atoms with Crippen molar-refractivity contribution in [1.29, 1.82) is 0 Å². The molecule has 3 heteroatoms. The van der Waals surface area contributed by atoms with Crippen LogP contribution in [-0.4, -0.2) is 13.7 Å². The lowest BCUT2D eigenvalue weighted by Crippen LogP contribution is -2.27. The van der Waals surface area contributed by atoms with Crippen molar-refractivity contribution in [3.05, 3.63) is 29.8 Å². The molecule has 4 rings (SSSR count). The molecule has 2 bridgehead atoms. The number of rotatable bonds is 0. The van der Waals surface area contributed by atoms with Gasteiger partial charge in [-0.05, 0) is 42.7 Å². The van der Waals surface area contributed by atoms with Gasteiger partial charge in [0.05, 0.1) is 10.1 Å². The third kappa shape index (κ3) is 0.877. The van der Waals surface area contributed by atoms with Crippen molar-refractivity contribution in [3.8, 4) is 0 Å². The summed E-state index contributed by atoms with van der Waals surface area (Å²) in [6.07, 6.45) is 3.50. The zero-order valence-electron chi connectivity index (χ0n) is 8.96. The van der Waals surface area contributed by atoms with Gasteiger partial charge in [-0.2, -0.15) is 0 Å². The van der Waals surface area contributed by atoms with Gasteiger partial charge in [0, 0.05) is 5.92 Å². The summed E-state index contributed by atoms with van der Waals surface area (Å²) in [6.45, 7) is 0. The largest absolute Gasteiger partial charge is 0.223 e. The lowest BCUT2D eigenvalue weighted by molar-refractivity contribution is 0.424. The second-order valence-electron chi connectivity index (χ2n) is 5.41. The van der Waals surface area contributed by atoms with Gasteiger partial charge in [0.1, 0.15) is 0 Å². The Labute approximate surface area is 95.6 Å². The van der Waals surface area contributed by atoms with Crippen molar-refractivity contribution in [1.82, 2.24) is 0 Å². The number of hydrogen-bond acceptors (Lipinski definition) is 2. The molecule has 16 heavy (non-hydrogen) atoms. The maximum atomic E-state index is 12.5. The lowest BCUT2D eigenvalue weighted by atomic mass is 9.83. The zero-order chi connectivity index (χ0) is 10.9. The Balaban J connectivity index is 2.02. The smallest absolute Gasteiger partial charge is 0.182 e. The van der Waals surface area contributed by atoms with Gasteiger partial charge in [0.2, 0.25) is 0 Å². The summed E-state index contributed by atoms with van der Waals surface area (Å²) in [5.74, 6) is 1.39. The van der Waals surface area contributed by atoms with Crippen molar-refractivity contribution in [3.63, 3.8) is 0 Å². The van der Waals surface area contributed by atoms with Crippen molar-refractivity contribution in [2.75, 3.05) is 0 Å². The molecule has 2 fully saturated rings. The highest BCUT2D eigenvalue weighted by Gasteiger charge is 2.58. The van der Waals surface area contributed by atoms with Crippen LogP contribution < -0.4 is 0 Å². The molecule has 1 aromatic carbocycles. The molecule has 0 amide bonds. The Bertz CT molecular complexity index is 561. The predicted octanol–water partition coefficient (Wildman–Crippen LogP) is 2.36. The molecule has 84 valence electrons. The minimum Gasteiger partial charge on any atom is -0.223 e. The Kier molecular flexibility index (Phi) is 1.56. The molecule has 2 nitrogen and oxygen atoms in total. The highest BCUT2D eigenvalue weighted by molar-refractivity contribution is 7.92. The number of hydrogen-bond donors (Lipinski definition) is 0. The third-order valence-corrected chi connectivity index (χ3v) is 7.16. The van der Waals surface area contributed by atoms with Crippen LogP contribution in [0.5, 0.6) is 0 Å². The van der Waals surface area contributed by atoms with Crippen LogP contribution in [-0.2, 0) is 9.84 Å². The van der Waals surface area contributed by atoms with Gasteiger partial charge >= 0.3 is 0 Å². The summed E-state index contributed by atoms with van der Waals surface area (Å²) in [7, 11) is -3.01. The quantitative estimate of drug-likeness (QED) is 0.690. The highest BCUT2D eigenvalue weighted by atomic mass is 32.2. The topological polar surface area (TPSA) is 34.1 Å². The van der Waals surface area contributed by atoms with E-state index in [4.69, 9.17) is 0 Å². The van der Waals surface area contributed by atoms with Crippen molar-refractivity contribution >= 4 is 9.84 Å². The highest BCUT2D eigenvalue weighted by Crippen LogP contribution is 2.60. The van der Waals surface area contributed by atoms with E-state index in [2.05, 4.69) is 0 Å². The number of benzene rings is 1. The summed E-state index contributed by atoms with van der Waals surface area (Å²) in [5, 5.41) is -0.0800. The first-order chi connectivity index (χ1) is 7.69. The molecule has 0 saturated heterocycles. The average Bonchev–Trinajstić information content (AvgIpc) is 2.92. The summed E-state index contributed by atoms with van der Waals surface area (Å²) in [5.41, 5.74) is 1.11. The molecule has 2 saturated carbocycles. The zero-order valence-corrected chi connectivity index (χ0v) is 9.78. The summed E-state index contributed by atoms with van der Waals surface area (Å²) in [4.78, 5) is 0.626. The van der Waals surface area contributed by atoms with Gasteiger partial charge in [0.15, 0.2) is 9.84 Å². The third-order valence-electron chi connectivity index (χ3n) is 4.78. The maximum absolute atomic E-state index is 12.5. The fourth-order valence-electron chi connectivity index (χ4n) is 4.28. The van der Waals surface area contributed by atoms with Gasteiger partial charge in [-0.25, -0.2) is 8.42 Å². The van der Waals surface area contributed by atoms with Crippen LogP contribution in [0.2, 0.25) is 0 Å². The minimum absolute atomic E-state index is 0.0800. The van der Waals surface area contributed by atoms with Crippen LogP contribution in [0.1, 0.15) is 30.7 Å². The van der Waals surface area contributed by atoms with Gasteiger partial charge in [-0.3, -0.25) is 0 Å². The molecule has 1 aliphatic heterocycles. The molecular weight excluding hydrogens is 220 g/mol. The molecule has 0 N–H and O–H groups in total. The van der Waals surface area contributed by atoms with E-state index >= 15 is 0 Å². The van der Waals surface area contributed by atoms with Crippen molar-refractivity contribution in [2.24, 2.45) is 11.8 Å². The van der Waals surface area contributed by atoms with Gasteiger partial charge in [0.25, 0.3) is 0 Å². The van der Waals surface area contributed by atoms with Crippen molar-refractivity contribution in [2.45, 2.75) is 35.3 Å². The van der Waals surface area contributed by atoms with E-state index in [0.717, 1.165) is 18.4 Å². The Hall–Kier alpha value is -0.830. The normalized spacial score (nSPS) is 42.0. The van der Waals surface area contributed by atoms with E-state index < -0.39 is 9.84 Å². The monoisotopic (exact) mass is 234 g/mol. The van der Waals surface area contributed by atoms with E-state index in [0.29, 0.717) is 22.6 Å². The molecule has 0 radical (unpaired) electrons. The number of sulfone groups is 1. The molecule has 4 atom stereocenters. The van der Waals surface area contributed by atoms with Gasteiger partial charge < -0.3 is 0 Å². The van der Waals surface area contributed by atoms with E-state index in [9.17, 15) is 8.42 Å². The van der Waals surface area contributed by atoms with E-state index in [1.54, 1.807) is 6.07 Å². The number of fused-ring (bicyclic) bond motifs is 7. The van der Waals surface area contributed by atoms with E-state index in [1.165, 1.54) is 6.42 Å². The first kappa shape index (κ1) is 9.23. The molecule has 2 aliphatic carbocycles. The lowest BCUT2D eigenvalue weighted by Gasteiger charge is -2.23. The minimum atomic E-state index is -3.01. The standard InChI is InChI=1S/C13H14O2S/c14-16(15)11-4-2-1-3-10(11)12-8-5-6-9(7-8)13(12)16/h1-4,8-9,12-13H,5-7H2/t8-,9+,12?,13?/m1/s1. The maximum Gasteiger partial charge on any atom is 0.182 e. The second kappa shape index (κ2) is 2.70. The summed E-state index contributed by atoms with van der Waals surface area (Å²) in [6, 6.07) is 7.64. The van der Waals surface area contributed by atoms with Crippen LogP contribution in [0.4, 0.5) is 0 Å². The molecule has 0 spiro atoms. The fourth-order valence-corrected chi connectivity index (χ4v) is 6.88. The SMILES string of the molecule is O=S1(=O)c2ccccc2C2C1[C@H]1CC[C@@H]2C1. The molecule has 1 aromatic rings. The van der Waals surface area contributed by atoms with Crippen LogP contribution in [0.3, 0.4) is 0 Å². The molecule has 3 aliphatic rings. The first-order valence-electron chi connectivity index (χ1n) is 6.02. The fraction of sp³-hybridized carbons (Fsp3) is 0.538. The van der Waals surface area contributed by atoms with Gasteiger partial charge in [-0.15, -0.1) is 0 Å². The van der Waals surface area contributed by atoms with Crippen LogP contribution >= 0.6 is 0 Å². The van der Waals surface area contributed by atoms with Crippen molar-refractivity contribution < 1.29 is 8.42 Å². The van der Waals surface area contributed by atoms with Gasteiger partial charge in [-0.1, -0.05) is 18.2 Å². The average molecular weight is 234 g/mol. The van der Waals surface area contributed by atoms with E-state index in [1.807, 2.05) is 18.2 Å².